The molecule has 1 aromatic carbocycles. The molecular formula is C15H14ClN5O2. The smallest absolute Gasteiger partial charge is 0.298 e. The Labute approximate surface area is 136 Å². The topological polar surface area (TPSA) is 76.2 Å². The van der Waals surface area contributed by atoms with Crippen molar-refractivity contribution in [1.29, 1.82) is 0 Å². The maximum Gasteiger partial charge on any atom is 0.298 e. The largest absolute Gasteiger partial charge is 0.423 e. The van der Waals surface area contributed by atoms with Gasteiger partial charge < -0.3 is 14.6 Å². The third-order valence-electron chi connectivity index (χ3n) is 3.77. The number of aromatic nitrogens is 3. The summed E-state index contributed by atoms with van der Waals surface area (Å²) >= 11 is 5.95. The molecule has 3 heterocycles. The SMILES string of the molecule is Cn1ccc(C(=O)NC2CN(c3nc4cc(Cl)ccc4o3)C2)n1. The first-order valence-electron chi connectivity index (χ1n) is 7.20. The predicted octanol–water partition coefficient (Wildman–Crippen LogP) is 1.83. The molecule has 1 aliphatic rings. The molecule has 1 fully saturated rings. The molecule has 1 amide bonds. The van der Waals surface area contributed by atoms with Crippen LogP contribution in [0.15, 0.2) is 34.9 Å². The highest BCUT2D eigenvalue weighted by Gasteiger charge is 2.31. The fourth-order valence-corrected chi connectivity index (χ4v) is 2.71. The summed E-state index contributed by atoms with van der Waals surface area (Å²) in [6, 6.07) is 7.63. The molecule has 7 nitrogen and oxygen atoms in total. The lowest BCUT2D eigenvalue weighted by atomic mass is 10.1. The molecule has 0 unspecified atom stereocenters. The van der Waals surface area contributed by atoms with Gasteiger partial charge in [0.15, 0.2) is 5.58 Å². The van der Waals surface area contributed by atoms with Gasteiger partial charge in [-0.2, -0.15) is 10.1 Å². The molecule has 0 spiro atoms. The average molecular weight is 332 g/mol. The number of carbonyl (C=O) groups is 1. The van der Waals surface area contributed by atoms with Gasteiger partial charge in [-0.15, -0.1) is 0 Å². The summed E-state index contributed by atoms with van der Waals surface area (Å²) < 4.78 is 7.30. The molecule has 0 bridgehead atoms. The number of carbonyl (C=O) groups excluding carboxylic acids is 1. The van der Waals surface area contributed by atoms with Gasteiger partial charge in [0, 0.05) is 31.4 Å². The van der Waals surface area contributed by atoms with Crippen molar-refractivity contribution in [2.24, 2.45) is 7.05 Å². The maximum absolute atomic E-state index is 12.0. The van der Waals surface area contributed by atoms with E-state index < -0.39 is 0 Å². The summed E-state index contributed by atoms with van der Waals surface area (Å²) in [6.45, 7) is 1.30. The van der Waals surface area contributed by atoms with Crippen LogP contribution in [0, 0.1) is 0 Å². The maximum atomic E-state index is 12.0. The Morgan fingerprint density at radius 2 is 2.22 bits per heavy atom. The molecule has 2 aromatic heterocycles. The van der Waals surface area contributed by atoms with Gasteiger partial charge in [0.2, 0.25) is 0 Å². The summed E-state index contributed by atoms with van der Waals surface area (Å²) in [5, 5.41) is 7.65. The molecule has 0 atom stereocenters. The Kier molecular flexibility index (Phi) is 3.23. The Balaban J connectivity index is 1.39. The zero-order valence-corrected chi connectivity index (χ0v) is 13.1. The van der Waals surface area contributed by atoms with E-state index in [1.807, 2.05) is 4.90 Å². The molecule has 23 heavy (non-hydrogen) atoms. The first kappa shape index (κ1) is 14.1. The van der Waals surface area contributed by atoms with Gasteiger partial charge in [0.05, 0.1) is 6.04 Å². The molecule has 1 N–H and O–H groups in total. The fourth-order valence-electron chi connectivity index (χ4n) is 2.55. The lowest BCUT2D eigenvalue weighted by Crippen LogP contribution is -2.59. The number of hydrogen-bond donors (Lipinski definition) is 1. The molecule has 118 valence electrons. The lowest BCUT2D eigenvalue weighted by Gasteiger charge is -2.38. The summed E-state index contributed by atoms with van der Waals surface area (Å²) in [5.41, 5.74) is 1.85. The fraction of sp³-hybridized carbons (Fsp3) is 0.267. The van der Waals surface area contributed by atoms with Crippen LogP contribution in [0.25, 0.3) is 11.1 Å². The van der Waals surface area contributed by atoms with Crippen molar-refractivity contribution in [3.8, 4) is 0 Å². The second-order valence-electron chi connectivity index (χ2n) is 5.56. The third-order valence-corrected chi connectivity index (χ3v) is 4.01. The van der Waals surface area contributed by atoms with Crippen LogP contribution in [0.5, 0.6) is 0 Å². The van der Waals surface area contributed by atoms with E-state index in [0.717, 1.165) is 5.52 Å². The van der Waals surface area contributed by atoms with Crippen LogP contribution < -0.4 is 10.2 Å². The molecular weight excluding hydrogens is 318 g/mol. The van der Waals surface area contributed by atoms with Gasteiger partial charge in [-0.1, -0.05) is 11.6 Å². The number of rotatable bonds is 3. The second kappa shape index (κ2) is 5.27. The van der Waals surface area contributed by atoms with E-state index in [-0.39, 0.29) is 11.9 Å². The zero-order chi connectivity index (χ0) is 16.0. The van der Waals surface area contributed by atoms with Crippen molar-refractivity contribution in [2.45, 2.75) is 6.04 Å². The lowest BCUT2D eigenvalue weighted by molar-refractivity contribution is 0.0923. The normalized spacial score (nSPS) is 15.0. The quantitative estimate of drug-likeness (QED) is 0.792. The van der Waals surface area contributed by atoms with Crippen molar-refractivity contribution in [2.75, 3.05) is 18.0 Å². The molecule has 3 aromatic rings. The Morgan fingerprint density at radius 3 is 2.96 bits per heavy atom. The van der Waals surface area contributed by atoms with Crippen molar-refractivity contribution in [3.05, 3.63) is 41.2 Å². The molecule has 0 saturated carbocycles. The number of amides is 1. The summed E-state index contributed by atoms with van der Waals surface area (Å²) in [4.78, 5) is 18.4. The zero-order valence-electron chi connectivity index (χ0n) is 12.4. The number of aryl methyl sites for hydroxylation is 1. The molecule has 0 aliphatic carbocycles. The van der Waals surface area contributed by atoms with Crippen LogP contribution in [-0.2, 0) is 7.05 Å². The first-order valence-corrected chi connectivity index (χ1v) is 7.58. The van der Waals surface area contributed by atoms with Crippen LogP contribution >= 0.6 is 11.6 Å². The van der Waals surface area contributed by atoms with Gasteiger partial charge in [0.1, 0.15) is 11.2 Å². The number of hydrogen-bond acceptors (Lipinski definition) is 5. The number of benzene rings is 1. The molecule has 1 aliphatic heterocycles. The van der Waals surface area contributed by atoms with Gasteiger partial charge in [-0.3, -0.25) is 9.48 Å². The third kappa shape index (κ3) is 2.63. The summed E-state index contributed by atoms with van der Waals surface area (Å²) in [7, 11) is 1.78. The average Bonchev–Trinajstić information content (AvgIpc) is 3.07. The van der Waals surface area contributed by atoms with E-state index in [9.17, 15) is 4.79 Å². The van der Waals surface area contributed by atoms with Crippen molar-refractivity contribution >= 4 is 34.6 Å². The minimum atomic E-state index is -0.167. The van der Waals surface area contributed by atoms with Gasteiger partial charge in [0.25, 0.3) is 11.9 Å². The number of fused-ring (bicyclic) bond motifs is 1. The first-order chi connectivity index (χ1) is 11.1. The van der Waals surface area contributed by atoms with Gasteiger partial charge in [-0.25, -0.2) is 0 Å². The highest BCUT2D eigenvalue weighted by molar-refractivity contribution is 6.31. The minimum absolute atomic E-state index is 0.0584. The number of nitrogens with zero attached hydrogens (tertiary/aromatic N) is 4. The van der Waals surface area contributed by atoms with E-state index in [2.05, 4.69) is 15.4 Å². The van der Waals surface area contributed by atoms with Gasteiger partial charge >= 0.3 is 0 Å². The highest BCUT2D eigenvalue weighted by atomic mass is 35.5. The summed E-state index contributed by atoms with van der Waals surface area (Å²) in [5.74, 6) is -0.167. The van der Waals surface area contributed by atoms with E-state index in [1.165, 1.54) is 0 Å². The van der Waals surface area contributed by atoms with E-state index in [4.69, 9.17) is 16.0 Å². The van der Waals surface area contributed by atoms with Gasteiger partial charge in [-0.05, 0) is 24.3 Å². The summed E-state index contributed by atoms with van der Waals surface area (Å²) in [6.07, 6.45) is 1.74. The second-order valence-corrected chi connectivity index (χ2v) is 5.99. The standard InChI is InChI=1S/C15H14ClN5O2/c1-20-5-4-11(19-20)14(22)17-10-7-21(8-10)15-18-12-6-9(16)2-3-13(12)23-15/h2-6,10H,7-8H2,1H3,(H,17,22). The molecule has 1 saturated heterocycles. The monoisotopic (exact) mass is 331 g/mol. The van der Waals surface area contributed by atoms with E-state index >= 15 is 0 Å². The highest BCUT2D eigenvalue weighted by Crippen LogP contribution is 2.27. The van der Waals surface area contributed by atoms with Crippen molar-refractivity contribution in [1.82, 2.24) is 20.1 Å². The number of halogens is 1. The van der Waals surface area contributed by atoms with Crippen LogP contribution in [0.4, 0.5) is 6.01 Å². The van der Waals surface area contributed by atoms with Crippen LogP contribution in [0.2, 0.25) is 5.02 Å². The Morgan fingerprint density at radius 1 is 1.39 bits per heavy atom. The molecule has 4 rings (SSSR count). The van der Waals surface area contributed by atoms with E-state index in [0.29, 0.717) is 35.4 Å². The molecule has 0 radical (unpaired) electrons. The number of oxazole rings is 1. The van der Waals surface area contributed by atoms with Crippen molar-refractivity contribution < 1.29 is 9.21 Å². The predicted molar refractivity (Wildman–Crippen MR) is 85.7 cm³/mol. The van der Waals surface area contributed by atoms with Crippen LogP contribution in [0.1, 0.15) is 10.5 Å². The van der Waals surface area contributed by atoms with Crippen LogP contribution in [-0.4, -0.2) is 39.8 Å². The van der Waals surface area contributed by atoms with Crippen molar-refractivity contribution in [3.63, 3.8) is 0 Å². The van der Waals surface area contributed by atoms with Crippen LogP contribution in [0.3, 0.4) is 0 Å². The molecule has 8 heteroatoms. The minimum Gasteiger partial charge on any atom is -0.423 e. The van der Waals surface area contributed by atoms with E-state index in [1.54, 1.807) is 42.2 Å². The Bertz CT molecular complexity index is 881. The number of nitrogens with one attached hydrogen (secondary N) is 1. The number of anilines is 1. The Hall–Kier alpha value is -2.54.